The lowest BCUT2D eigenvalue weighted by Crippen LogP contribution is -2.41. The third-order valence-electron chi connectivity index (χ3n) is 4.62. The van der Waals surface area contributed by atoms with E-state index < -0.39 is 17.2 Å². The fraction of sp³-hybridized carbons (Fsp3) is 0.529. The Balaban J connectivity index is 1.66. The van der Waals surface area contributed by atoms with Gasteiger partial charge in [-0.1, -0.05) is 0 Å². The monoisotopic (exact) mass is 350 g/mol. The zero-order chi connectivity index (χ0) is 18.0. The predicted octanol–water partition coefficient (Wildman–Crippen LogP) is 0.657. The molecule has 0 saturated carbocycles. The maximum atomic E-state index is 12.6. The van der Waals surface area contributed by atoms with Crippen LogP contribution in [0.15, 0.2) is 12.1 Å². The summed E-state index contributed by atoms with van der Waals surface area (Å²) >= 11 is 0. The van der Waals surface area contributed by atoms with Gasteiger partial charge in [0.1, 0.15) is 6.10 Å². The number of phenols is 3. The van der Waals surface area contributed by atoms with E-state index in [1.807, 2.05) is 0 Å². The molecule has 2 saturated heterocycles. The summed E-state index contributed by atoms with van der Waals surface area (Å²) in [5, 5.41) is 28.5. The minimum atomic E-state index is -0.652. The number of carbonyl (C=O) groups excluding carboxylic acids is 2. The number of hydrogen-bond donors (Lipinski definition) is 3. The molecular weight excluding hydrogens is 328 g/mol. The number of ether oxygens (including phenoxy) is 1. The van der Waals surface area contributed by atoms with Crippen molar-refractivity contribution in [1.82, 2.24) is 9.80 Å². The van der Waals surface area contributed by atoms with Crippen molar-refractivity contribution in [1.29, 1.82) is 0 Å². The molecule has 8 heteroatoms. The second-order valence-corrected chi connectivity index (χ2v) is 6.34. The largest absolute Gasteiger partial charge is 0.504 e. The van der Waals surface area contributed by atoms with Crippen molar-refractivity contribution in [2.24, 2.45) is 0 Å². The molecule has 0 spiro atoms. The van der Waals surface area contributed by atoms with Crippen molar-refractivity contribution in [3.63, 3.8) is 0 Å². The molecule has 2 heterocycles. The van der Waals surface area contributed by atoms with Gasteiger partial charge in [-0.15, -0.1) is 0 Å². The van der Waals surface area contributed by atoms with E-state index in [2.05, 4.69) is 0 Å². The highest BCUT2D eigenvalue weighted by Crippen LogP contribution is 2.35. The van der Waals surface area contributed by atoms with Crippen molar-refractivity contribution in [2.45, 2.75) is 25.4 Å². The lowest BCUT2D eigenvalue weighted by molar-refractivity contribution is -0.140. The number of nitrogens with zero attached hydrogens (tertiary/aromatic N) is 2. The molecule has 0 aromatic heterocycles. The SMILES string of the molecule is O=C(c1cc(O)c(O)c(O)c1)N1CCCN(C(=O)C2CCCO2)CC1. The van der Waals surface area contributed by atoms with Crippen LogP contribution in [0.25, 0.3) is 0 Å². The van der Waals surface area contributed by atoms with Crippen LogP contribution in [0.4, 0.5) is 0 Å². The maximum Gasteiger partial charge on any atom is 0.254 e. The first-order valence-electron chi connectivity index (χ1n) is 8.42. The quantitative estimate of drug-likeness (QED) is 0.676. The van der Waals surface area contributed by atoms with Crippen LogP contribution in [0.2, 0.25) is 0 Å². The Bertz CT molecular complexity index is 648. The Morgan fingerprint density at radius 1 is 0.960 bits per heavy atom. The molecule has 8 nitrogen and oxygen atoms in total. The number of amides is 2. The van der Waals surface area contributed by atoms with E-state index in [4.69, 9.17) is 4.74 Å². The normalized spacial score (nSPS) is 21.2. The molecule has 1 atom stereocenters. The number of phenolic OH excluding ortho intramolecular Hbond substituents is 3. The Hall–Kier alpha value is -2.48. The van der Waals surface area contributed by atoms with E-state index in [-0.39, 0.29) is 23.5 Å². The standard InChI is InChI=1S/C17H22N2O6/c20-12-9-11(10-13(21)15(12)22)16(23)18-4-2-5-19(7-6-18)17(24)14-3-1-8-25-14/h9-10,14,20-22H,1-8H2. The van der Waals surface area contributed by atoms with Crippen molar-refractivity contribution >= 4 is 11.8 Å². The van der Waals surface area contributed by atoms with Crippen LogP contribution >= 0.6 is 0 Å². The zero-order valence-electron chi connectivity index (χ0n) is 13.8. The average Bonchev–Trinajstić information content (AvgIpc) is 3.02. The van der Waals surface area contributed by atoms with Crippen LogP contribution in [0.1, 0.15) is 29.6 Å². The van der Waals surface area contributed by atoms with E-state index in [0.717, 1.165) is 25.0 Å². The van der Waals surface area contributed by atoms with Gasteiger partial charge in [-0.2, -0.15) is 0 Å². The summed E-state index contributed by atoms with van der Waals surface area (Å²) in [5.41, 5.74) is 0.0895. The van der Waals surface area contributed by atoms with Crippen LogP contribution in [0, 0.1) is 0 Å². The topological polar surface area (TPSA) is 111 Å². The lowest BCUT2D eigenvalue weighted by Gasteiger charge is -2.24. The van der Waals surface area contributed by atoms with Crippen molar-refractivity contribution in [2.75, 3.05) is 32.8 Å². The highest BCUT2D eigenvalue weighted by Gasteiger charge is 2.30. The van der Waals surface area contributed by atoms with Crippen molar-refractivity contribution in [3.8, 4) is 17.2 Å². The summed E-state index contributed by atoms with van der Waals surface area (Å²) in [6.45, 7) is 2.42. The first-order chi connectivity index (χ1) is 12.0. The van der Waals surface area contributed by atoms with Gasteiger partial charge >= 0.3 is 0 Å². The highest BCUT2D eigenvalue weighted by atomic mass is 16.5. The molecule has 25 heavy (non-hydrogen) atoms. The minimum Gasteiger partial charge on any atom is -0.504 e. The van der Waals surface area contributed by atoms with Crippen LogP contribution in [0.3, 0.4) is 0 Å². The molecule has 136 valence electrons. The second-order valence-electron chi connectivity index (χ2n) is 6.34. The smallest absolute Gasteiger partial charge is 0.254 e. The van der Waals surface area contributed by atoms with Gasteiger partial charge in [0.2, 0.25) is 0 Å². The van der Waals surface area contributed by atoms with Gasteiger partial charge in [0.05, 0.1) is 0 Å². The molecule has 1 aromatic carbocycles. The number of hydrogen-bond acceptors (Lipinski definition) is 6. The van der Waals surface area contributed by atoms with Gasteiger partial charge in [-0.3, -0.25) is 9.59 Å². The molecule has 2 amide bonds. The van der Waals surface area contributed by atoms with E-state index >= 15 is 0 Å². The maximum absolute atomic E-state index is 12.6. The highest BCUT2D eigenvalue weighted by molar-refractivity contribution is 5.95. The molecule has 0 aliphatic carbocycles. The molecule has 2 aliphatic heterocycles. The third-order valence-corrected chi connectivity index (χ3v) is 4.62. The molecule has 0 radical (unpaired) electrons. The van der Waals surface area contributed by atoms with E-state index in [1.165, 1.54) is 0 Å². The Kier molecular flexibility index (Phi) is 4.98. The van der Waals surface area contributed by atoms with Gasteiger partial charge in [0.25, 0.3) is 11.8 Å². The molecule has 3 rings (SSSR count). The summed E-state index contributed by atoms with van der Waals surface area (Å²) in [5.74, 6) is -2.13. The fourth-order valence-electron chi connectivity index (χ4n) is 3.23. The molecule has 2 fully saturated rings. The Labute approximate surface area is 145 Å². The first kappa shape index (κ1) is 17.3. The first-order valence-corrected chi connectivity index (χ1v) is 8.42. The summed E-state index contributed by atoms with van der Waals surface area (Å²) in [4.78, 5) is 28.3. The van der Waals surface area contributed by atoms with Gasteiger partial charge < -0.3 is 29.9 Å². The van der Waals surface area contributed by atoms with Crippen molar-refractivity contribution < 1.29 is 29.6 Å². The molecule has 0 bridgehead atoms. The van der Waals surface area contributed by atoms with Crippen LogP contribution in [-0.2, 0) is 9.53 Å². The van der Waals surface area contributed by atoms with Crippen LogP contribution in [-0.4, -0.2) is 75.8 Å². The van der Waals surface area contributed by atoms with E-state index in [9.17, 15) is 24.9 Å². The predicted molar refractivity (Wildman–Crippen MR) is 87.5 cm³/mol. The van der Waals surface area contributed by atoms with Gasteiger partial charge in [0.15, 0.2) is 17.2 Å². The summed E-state index contributed by atoms with van der Waals surface area (Å²) in [6, 6.07) is 2.25. The van der Waals surface area contributed by atoms with E-state index in [1.54, 1.807) is 9.80 Å². The van der Waals surface area contributed by atoms with Crippen LogP contribution in [0.5, 0.6) is 17.2 Å². The molecule has 1 aromatic rings. The van der Waals surface area contributed by atoms with Gasteiger partial charge in [0, 0.05) is 38.3 Å². The fourth-order valence-corrected chi connectivity index (χ4v) is 3.23. The third kappa shape index (κ3) is 3.63. The number of benzene rings is 1. The molecular formula is C17H22N2O6. The summed E-state index contributed by atoms with van der Waals surface area (Å²) in [6.07, 6.45) is 1.90. The Morgan fingerprint density at radius 2 is 1.60 bits per heavy atom. The molecule has 1 unspecified atom stereocenters. The average molecular weight is 350 g/mol. The zero-order valence-corrected chi connectivity index (χ0v) is 13.8. The Morgan fingerprint density at radius 3 is 2.24 bits per heavy atom. The van der Waals surface area contributed by atoms with Crippen LogP contribution < -0.4 is 0 Å². The van der Waals surface area contributed by atoms with Crippen molar-refractivity contribution in [3.05, 3.63) is 17.7 Å². The number of rotatable bonds is 2. The van der Waals surface area contributed by atoms with E-state index in [0.29, 0.717) is 39.2 Å². The second kappa shape index (κ2) is 7.18. The number of aromatic hydroxyl groups is 3. The lowest BCUT2D eigenvalue weighted by atomic mass is 10.1. The molecule has 2 aliphatic rings. The van der Waals surface area contributed by atoms with Gasteiger partial charge in [-0.25, -0.2) is 0 Å². The summed E-state index contributed by atoms with van der Waals surface area (Å²) in [7, 11) is 0. The van der Waals surface area contributed by atoms with Gasteiger partial charge in [-0.05, 0) is 31.4 Å². The summed E-state index contributed by atoms with van der Waals surface area (Å²) < 4.78 is 5.44. The molecule has 3 N–H and O–H groups in total. The minimum absolute atomic E-state index is 0.0216. The number of carbonyl (C=O) groups is 2.